The van der Waals surface area contributed by atoms with Crippen molar-refractivity contribution in [2.24, 2.45) is 0 Å². The fourth-order valence-electron chi connectivity index (χ4n) is 0.856. The van der Waals surface area contributed by atoms with Gasteiger partial charge in [0.2, 0.25) is 0 Å². The van der Waals surface area contributed by atoms with Gasteiger partial charge in [-0.1, -0.05) is 0 Å². The first-order chi connectivity index (χ1) is 5.66. The molecule has 0 aromatic rings. The third-order valence-electron chi connectivity index (χ3n) is 1.57. The van der Waals surface area contributed by atoms with Crippen LogP contribution in [0.15, 0.2) is 0 Å². The van der Waals surface area contributed by atoms with Gasteiger partial charge < -0.3 is 20.6 Å². The van der Waals surface area contributed by atoms with Crippen LogP contribution in [0.1, 0.15) is 19.8 Å². The van der Waals surface area contributed by atoms with Crippen molar-refractivity contribution >= 4 is 0 Å². The molecule has 2 atom stereocenters. The maximum Gasteiger partial charge on any atom is 0.0894 e. The monoisotopic (exact) mass is 177 g/mol. The normalized spacial score (nSPS) is 16.0. The lowest BCUT2D eigenvalue weighted by molar-refractivity contribution is 0.0941. The van der Waals surface area contributed by atoms with Gasteiger partial charge in [0, 0.05) is 6.54 Å². The molecule has 0 aliphatic carbocycles. The molecule has 0 saturated heterocycles. The molecule has 74 valence electrons. The number of aliphatic hydroxyl groups excluding tert-OH is 3. The number of rotatable bonds is 7. The highest BCUT2D eigenvalue weighted by Crippen LogP contribution is 1.93. The average molecular weight is 177 g/mol. The molecular weight excluding hydrogens is 158 g/mol. The predicted octanol–water partition coefficient (Wildman–Crippen LogP) is -0.910. The lowest BCUT2D eigenvalue weighted by Gasteiger charge is -2.09. The zero-order valence-corrected chi connectivity index (χ0v) is 7.53. The molecule has 0 aromatic heterocycles. The Morgan fingerprint density at radius 1 is 1.33 bits per heavy atom. The molecule has 4 N–H and O–H groups in total. The van der Waals surface area contributed by atoms with Gasteiger partial charge in [-0.15, -0.1) is 0 Å². The first kappa shape index (κ1) is 11.8. The fraction of sp³-hybridized carbons (Fsp3) is 1.00. The van der Waals surface area contributed by atoms with E-state index in [4.69, 9.17) is 15.3 Å². The van der Waals surface area contributed by atoms with Crippen LogP contribution in [-0.2, 0) is 0 Å². The van der Waals surface area contributed by atoms with Crippen LogP contribution in [0.2, 0.25) is 0 Å². The summed E-state index contributed by atoms with van der Waals surface area (Å²) in [5.41, 5.74) is 0. The minimum absolute atomic E-state index is 0.205. The number of aliphatic hydroxyl groups is 3. The molecule has 0 fully saturated rings. The van der Waals surface area contributed by atoms with E-state index in [2.05, 4.69) is 5.32 Å². The van der Waals surface area contributed by atoms with Gasteiger partial charge in [-0.25, -0.2) is 0 Å². The molecule has 0 amide bonds. The molecule has 0 spiro atoms. The van der Waals surface area contributed by atoms with Gasteiger partial charge in [0.15, 0.2) is 0 Å². The zero-order valence-electron chi connectivity index (χ0n) is 7.53. The van der Waals surface area contributed by atoms with Crippen LogP contribution in [-0.4, -0.2) is 47.2 Å². The highest BCUT2D eigenvalue weighted by atomic mass is 16.3. The minimum atomic E-state index is -0.670. The Hall–Kier alpha value is -0.160. The van der Waals surface area contributed by atoms with Crippen LogP contribution in [0.3, 0.4) is 0 Å². The Bertz CT molecular complexity index is 98.3. The highest BCUT2D eigenvalue weighted by Gasteiger charge is 2.00. The van der Waals surface area contributed by atoms with Crippen molar-refractivity contribution in [1.82, 2.24) is 5.32 Å². The van der Waals surface area contributed by atoms with E-state index < -0.39 is 6.10 Å². The second-order valence-corrected chi connectivity index (χ2v) is 3.03. The van der Waals surface area contributed by atoms with Crippen LogP contribution in [0.4, 0.5) is 0 Å². The lowest BCUT2D eigenvalue weighted by Crippen LogP contribution is -2.30. The van der Waals surface area contributed by atoms with Crippen LogP contribution in [0, 0.1) is 0 Å². The van der Waals surface area contributed by atoms with Crippen molar-refractivity contribution in [2.75, 3.05) is 19.7 Å². The van der Waals surface area contributed by atoms with E-state index in [1.54, 1.807) is 6.92 Å². The second kappa shape index (κ2) is 7.49. The number of nitrogens with one attached hydrogen (secondary N) is 1. The maximum absolute atomic E-state index is 8.90. The Labute approximate surface area is 73.2 Å². The van der Waals surface area contributed by atoms with Crippen molar-refractivity contribution in [3.63, 3.8) is 0 Å². The Morgan fingerprint density at radius 2 is 2.00 bits per heavy atom. The van der Waals surface area contributed by atoms with E-state index in [0.29, 0.717) is 6.54 Å². The molecule has 4 heteroatoms. The van der Waals surface area contributed by atoms with E-state index in [1.165, 1.54) is 0 Å². The van der Waals surface area contributed by atoms with Crippen LogP contribution in [0.25, 0.3) is 0 Å². The van der Waals surface area contributed by atoms with Crippen LogP contribution < -0.4 is 5.32 Å². The first-order valence-electron chi connectivity index (χ1n) is 4.34. The molecule has 0 rings (SSSR count). The summed E-state index contributed by atoms with van der Waals surface area (Å²) in [5, 5.41) is 29.2. The molecule has 0 aliphatic rings. The molecule has 0 saturated carbocycles. The molecule has 0 bridgehead atoms. The van der Waals surface area contributed by atoms with Gasteiger partial charge in [-0.05, 0) is 26.3 Å². The third-order valence-corrected chi connectivity index (χ3v) is 1.57. The van der Waals surface area contributed by atoms with Gasteiger partial charge in [-0.3, -0.25) is 0 Å². The Morgan fingerprint density at radius 3 is 2.50 bits per heavy atom. The summed E-state index contributed by atoms with van der Waals surface area (Å²) < 4.78 is 0. The third kappa shape index (κ3) is 7.94. The highest BCUT2D eigenvalue weighted by molar-refractivity contribution is 4.57. The fourth-order valence-corrected chi connectivity index (χ4v) is 0.856. The summed E-state index contributed by atoms with van der Waals surface area (Å²) in [7, 11) is 0. The summed E-state index contributed by atoms with van der Waals surface area (Å²) in [4.78, 5) is 0. The molecule has 0 heterocycles. The first-order valence-corrected chi connectivity index (χ1v) is 4.34. The van der Waals surface area contributed by atoms with Crippen LogP contribution >= 0.6 is 0 Å². The molecule has 4 nitrogen and oxygen atoms in total. The van der Waals surface area contributed by atoms with Gasteiger partial charge in [0.05, 0.1) is 18.8 Å². The summed E-state index contributed by atoms with van der Waals surface area (Å²) >= 11 is 0. The van der Waals surface area contributed by atoms with Gasteiger partial charge >= 0.3 is 0 Å². The maximum atomic E-state index is 8.90. The van der Waals surface area contributed by atoms with E-state index in [0.717, 1.165) is 19.4 Å². The Balaban J connectivity index is 3.00. The van der Waals surface area contributed by atoms with E-state index in [1.807, 2.05) is 0 Å². The second-order valence-electron chi connectivity index (χ2n) is 3.03. The predicted molar refractivity (Wildman–Crippen MR) is 46.9 cm³/mol. The van der Waals surface area contributed by atoms with Gasteiger partial charge in [0.1, 0.15) is 0 Å². The Kier molecular flexibility index (Phi) is 7.39. The largest absolute Gasteiger partial charge is 0.394 e. The molecular formula is C8H19NO3. The smallest absolute Gasteiger partial charge is 0.0894 e. The van der Waals surface area contributed by atoms with Gasteiger partial charge in [0.25, 0.3) is 0 Å². The van der Waals surface area contributed by atoms with E-state index in [9.17, 15) is 0 Å². The van der Waals surface area contributed by atoms with Crippen molar-refractivity contribution in [3.05, 3.63) is 0 Å². The lowest BCUT2D eigenvalue weighted by atomic mass is 10.2. The standard InChI is InChI=1S/C8H19NO3/c1-7(11)3-2-4-9-5-8(12)6-10/h7-12H,2-6H2,1H3/t7?,8-/m0/s1. The van der Waals surface area contributed by atoms with Crippen molar-refractivity contribution < 1.29 is 15.3 Å². The average Bonchev–Trinajstić information content (AvgIpc) is 2.03. The van der Waals surface area contributed by atoms with E-state index in [-0.39, 0.29) is 12.7 Å². The number of hydrogen-bond donors (Lipinski definition) is 4. The summed E-state index contributed by atoms with van der Waals surface area (Å²) in [6.45, 7) is 2.73. The molecule has 1 unspecified atom stereocenters. The molecule has 0 aromatic carbocycles. The number of hydrogen-bond acceptors (Lipinski definition) is 4. The zero-order chi connectivity index (χ0) is 9.40. The van der Waals surface area contributed by atoms with Crippen molar-refractivity contribution in [1.29, 1.82) is 0 Å². The van der Waals surface area contributed by atoms with Crippen molar-refractivity contribution in [2.45, 2.75) is 32.0 Å². The SMILES string of the molecule is CC(O)CCCNC[C@H](O)CO. The quantitative estimate of drug-likeness (QED) is 0.380. The van der Waals surface area contributed by atoms with E-state index >= 15 is 0 Å². The molecule has 0 radical (unpaired) electrons. The van der Waals surface area contributed by atoms with Crippen LogP contribution in [0.5, 0.6) is 0 Å². The summed E-state index contributed by atoms with van der Waals surface area (Å²) in [5.74, 6) is 0. The molecule has 12 heavy (non-hydrogen) atoms. The molecule has 0 aliphatic heterocycles. The minimum Gasteiger partial charge on any atom is -0.394 e. The topological polar surface area (TPSA) is 72.7 Å². The summed E-state index contributed by atoms with van der Waals surface area (Å²) in [6.07, 6.45) is 0.726. The van der Waals surface area contributed by atoms with Crippen molar-refractivity contribution in [3.8, 4) is 0 Å². The summed E-state index contributed by atoms with van der Waals surface area (Å²) in [6, 6.07) is 0. The van der Waals surface area contributed by atoms with Gasteiger partial charge in [-0.2, -0.15) is 0 Å².